The van der Waals surface area contributed by atoms with Crippen LogP contribution in [0, 0.1) is 0 Å². The number of nitrogens with one attached hydrogen (secondary N) is 1. The summed E-state index contributed by atoms with van der Waals surface area (Å²) in [5, 5.41) is 0. The van der Waals surface area contributed by atoms with Crippen LogP contribution in [-0.2, 0) is 10.0 Å². The van der Waals surface area contributed by atoms with Gasteiger partial charge in [-0.3, -0.25) is 4.90 Å². The fourth-order valence-corrected chi connectivity index (χ4v) is 4.64. The van der Waals surface area contributed by atoms with Crippen molar-refractivity contribution in [3.8, 4) is 0 Å². The van der Waals surface area contributed by atoms with Gasteiger partial charge in [-0.2, -0.15) is 0 Å². The Hall–Kier alpha value is -0.180. The highest BCUT2D eigenvalue weighted by Crippen LogP contribution is 2.25. The molecule has 0 aliphatic carbocycles. The molecule has 1 atom stereocenters. The van der Waals surface area contributed by atoms with Crippen LogP contribution in [0.2, 0.25) is 4.34 Å². The zero-order valence-electron chi connectivity index (χ0n) is 11.0. The summed E-state index contributed by atoms with van der Waals surface area (Å²) in [6, 6.07) is 3.33. The molecule has 1 unspecified atom stereocenters. The average molecular weight is 324 g/mol. The van der Waals surface area contributed by atoms with E-state index in [2.05, 4.69) is 14.5 Å². The second kappa shape index (κ2) is 6.07. The molecule has 1 aromatic heterocycles. The van der Waals surface area contributed by atoms with Crippen molar-refractivity contribution in [1.82, 2.24) is 14.5 Å². The number of thiophene rings is 1. The number of likely N-dealkylation sites (N-methyl/N-ethyl adjacent to an activating group) is 2. The van der Waals surface area contributed by atoms with Crippen molar-refractivity contribution >= 4 is 33.0 Å². The molecule has 19 heavy (non-hydrogen) atoms. The van der Waals surface area contributed by atoms with E-state index in [1.165, 1.54) is 6.07 Å². The summed E-state index contributed by atoms with van der Waals surface area (Å²) in [5.41, 5.74) is 0. The number of rotatable bonds is 4. The predicted octanol–water partition coefficient (Wildman–Crippen LogP) is 0.926. The molecule has 0 bridgehead atoms. The number of hydrogen-bond donors (Lipinski definition) is 1. The van der Waals surface area contributed by atoms with Gasteiger partial charge in [0.25, 0.3) is 0 Å². The van der Waals surface area contributed by atoms with Gasteiger partial charge in [-0.1, -0.05) is 11.6 Å². The first-order valence-corrected chi connectivity index (χ1v) is 8.70. The lowest BCUT2D eigenvalue weighted by Crippen LogP contribution is -2.54. The van der Waals surface area contributed by atoms with Crippen LogP contribution in [0.5, 0.6) is 0 Å². The van der Waals surface area contributed by atoms with Crippen LogP contribution in [0.25, 0.3) is 0 Å². The Labute approximate surface area is 123 Å². The first kappa shape index (κ1) is 15.2. The van der Waals surface area contributed by atoms with Crippen molar-refractivity contribution < 1.29 is 8.42 Å². The van der Waals surface area contributed by atoms with E-state index in [0.717, 1.165) is 31.0 Å². The van der Waals surface area contributed by atoms with Gasteiger partial charge in [-0.15, -0.1) is 11.3 Å². The minimum Gasteiger partial charge on any atom is -0.303 e. The van der Waals surface area contributed by atoms with Gasteiger partial charge in [0.15, 0.2) is 0 Å². The molecule has 1 aliphatic heterocycles. The first-order valence-electron chi connectivity index (χ1n) is 6.02. The van der Waals surface area contributed by atoms with Crippen molar-refractivity contribution in [3.63, 3.8) is 0 Å². The first-order chi connectivity index (χ1) is 8.88. The molecule has 1 saturated heterocycles. The molecule has 1 fully saturated rings. The number of sulfonamides is 1. The molecule has 0 radical (unpaired) electrons. The molecular weight excluding hydrogens is 306 g/mol. The second-order valence-corrected chi connectivity index (χ2v) is 8.52. The fraction of sp³-hybridized carbons (Fsp3) is 0.636. The normalized spacial score (nSPS) is 22.8. The lowest BCUT2D eigenvalue weighted by molar-refractivity contribution is 0.117. The van der Waals surface area contributed by atoms with Crippen LogP contribution in [-0.4, -0.2) is 64.5 Å². The van der Waals surface area contributed by atoms with Gasteiger partial charge in [-0.25, -0.2) is 13.1 Å². The Bertz CT molecular complexity index is 532. The smallest absolute Gasteiger partial charge is 0.250 e. The zero-order valence-corrected chi connectivity index (χ0v) is 13.4. The Kier molecular flexibility index (Phi) is 4.86. The zero-order chi connectivity index (χ0) is 14.0. The molecule has 1 aromatic rings. The summed E-state index contributed by atoms with van der Waals surface area (Å²) in [7, 11) is 0.630. The third-order valence-corrected chi connectivity index (χ3v) is 6.45. The molecule has 0 aromatic carbocycles. The minimum atomic E-state index is -3.44. The number of hydrogen-bond acceptors (Lipinski definition) is 5. The molecular formula is C11H18ClN3O2S2. The van der Waals surface area contributed by atoms with Crippen LogP contribution >= 0.6 is 22.9 Å². The Balaban J connectivity index is 1.98. The van der Waals surface area contributed by atoms with Gasteiger partial charge >= 0.3 is 0 Å². The summed E-state index contributed by atoms with van der Waals surface area (Å²) >= 11 is 6.84. The van der Waals surface area contributed by atoms with Crippen molar-refractivity contribution in [1.29, 1.82) is 0 Å². The minimum absolute atomic E-state index is 0.198. The van der Waals surface area contributed by atoms with Crippen LogP contribution in [0.3, 0.4) is 0 Å². The van der Waals surface area contributed by atoms with Crippen molar-refractivity contribution in [2.75, 3.05) is 40.3 Å². The Morgan fingerprint density at radius 3 is 2.79 bits per heavy atom. The maximum absolute atomic E-state index is 12.1. The van der Waals surface area contributed by atoms with Crippen molar-refractivity contribution in [3.05, 3.63) is 16.5 Å². The maximum atomic E-state index is 12.1. The SMILES string of the molecule is CN1CCN(C)C(CNS(=O)(=O)c2ccc(Cl)s2)C1. The third-order valence-electron chi connectivity index (χ3n) is 3.30. The van der Waals surface area contributed by atoms with E-state index in [9.17, 15) is 8.42 Å². The molecule has 108 valence electrons. The topological polar surface area (TPSA) is 52.6 Å². The lowest BCUT2D eigenvalue weighted by Gasteiger charge is -2.37. The highest BCUT2D eigenvalue weighted by atomic mass is 35.5. The van der Waals surface area contributed by atoms with E-state index in [0.29, 0.717) is 10.9 Å². The number of piperazine rings is 1. The van der Waals surface area contributed by atoms with E-state index >= 15 is 0 Å². The second-order valence-electron chi connectivity index (χ2n) is 4.81. The summed E-state index contributed by atoms with van der Waals surface area (Å²) < 4.78 is 27.6. The average Bonchev–Trinajstić information content (AvgIpc) is 2.78. The lowest BCUT2D eigenvalue weighted by atomic mass is 10.2. The Morgan fingerprint density at radius 1 is 1.42 bits per heavy atom. The van der Waals surface area contributed by atoms with Gasteiger partial charge in [0.1, 0.15) is 4.21 Å². The summed E-state index contributed by atoms with van der Waals surface area (Å²) in [6.45, 7) is 3.25. The fourth-order valence-electron chi connectivity index (χ4n) is 2.04. The van der Waals surface area contributed by atoms with Crippen molar-refractivity contribution in [2.45, 2.75) is 10.3 Å². The van der Waals surface area contributed by atoms with E-state index in [4.69, 9.17) is 11.6 Å². The molecule has 8 heteroatoms. The molecule has 2 rings (SSSR count). The van der Waals surface area contributed by atoms with Gasteiger partial charge in [0.2, 0.25) is 10.0 Å². The van der Waals surface area contributed by atoms with Crippen molar-refractivity contribution in [2.24, 2.45) is 0 Å². The van der Waals surface area contributed by atoms with Gasteiger partial charge in [-0.05, 0) is 26.2 Å². The molecule has 0 saturated carbocycles. The number of nitrogens with zero attached hydrogens (tertiary/aromatic N) is 2. The largest absolute Gasteiger partial charge is 0.303 e. The quantitative estimate of drug-likeness (QED) is 0.895. The summed E-state index contributed by atoms with van der Waals surface area (Å²) in [6.07, 6.45) is 0. The monoisotopic (exact) mass is 323 g/mol. The predicted molar refractivity (Wildman–Crippen MR) is 78.4 cm³/mol. The third kappa shape index (κ3) is 3.90. The molecule has 1 N–H and O–H groups in total. The highest BCUT2D eigenvalue weighted by molar-refractivity contribution is 7.91. The van der Waals surface area contributed by atoms with Crippen LogP contribution in [0.1, 0.15) is 0 Å². The molecule has 0 spiro atoms. The highest BCUT2D eigenvalue weighted by Gasteiger charge is 2.24. The maximum Gasteiger partial charge on any atom is 0.250 e. The number of halogens is 1. The molecule has 1 aliphatic rings. The van der Waals surface area contributed by atoms with E-state index < -0.39 is 10.0 Å². The van der Waals surface area contributed by atoms with Crippen LogP contribution < -0.4 is 4.72 Å². The van der Waals surface area contributed by atoms with E-state index in [-0.39, 0.29) is 10.3 Å². The van der Waals surface area contributed by atoms with E-state index in [1.54, 1.807) is 6.07 Å². The molecule has 0 amide bonds. The molecule has 2 heterocycles. The summed E-state index contributed by atoms with van der Waals surface area (Å²) in [4.78, 5) is 4.39. The van der Waals surface area contributed by atoms with Crippen LogP contribution in [0.4, 0.5) is 0 Å². The van der Waals surface area contributed by atoms with Gasteiger partial charge in [0.05, 0.1) is 4.34 Å². The van der Waals surface area contributed by atoms with Gasteiger partial charge < -0.3 is 4.90 Å². The summed E-state index contributed by atoms with van der Waals surface area (Å²) in [5.74, 6) is 0. The Morgan fingerprint density at radius 2 is 2.16 bits per heavy atom. The van der Waals surface area contributed by atoms with Gasteiger partial charge in [0, 0.05) is 32.2 Å². The standard InChI is InChI=1S/C11H18ClN3O2S2/c1-14-5-6-15(2)9(8-14)7-13-19(16,17)11-4-3-10(12)18-11/h3-4,9,13H,5-8H2,1-2H3. The van der Waals surface area contributed by atoms with Crippen LogP contribution in [0.15, 0.2) is 16.3 Å². The molecule has 5 nitrogen and oxygen atoms in total. The van der Waals surface area contributed by atoms with E-state index in [1.807, 2.05) is 14.1 Å².